The van der Waals surface area contributed by atoms with E-state index in [9.17, 15) is 9.90 Å². The van der Waals surface area contributed by atoms with Crippen molar-refractivity contribution in [1.29, 1.82) is 0 Å². The van der Waals surface area contributed by atoms with E-state index >= 15 is 0 Å². The van der Waals surface area contributed by atoms with Gasteiger partial charge in [0.15, 0.2) is 0 Å². The molecule has 0 unspecified atom stereocenters. The Morgan fingerprint density at radius 1 is 1.73 bits per heavy atom. The second-order valence-electron chi connectivity index (χ2n) is 5.14. The van der Waals surface area contributed by atoms with E-state index in [1.165, 1.54) is 0 Å². The molecule has 2 fully saturated rings. The molecule has 0 amide bonds. The molecule has 0 radical (unpaired) electrons. The molecule has 2 rings (SSSR count). The summed E-state index contributed by atoms with van der Waals surface area (Å²) in [6.07, 6.45) is 1.40. The van der Waals surface area contributed by atoms with Crippen LogP contribution >= 0.6 is 0 Å². The lowest BCUT2D eigenvalue weighted by molar-refractivity contribution is -0.137. The van der Waals surface area contributed by atoms with E-state index in [4.69, 9.17) is 4.74 Å². The number of rotatable bonds is 3. The smallest absolute Gasteiger partial charge is 0.142 e. The molecule has 15 heavy (non-hydrogen) atoms. The second-order valence-corrected chi connectivity index (χ2v) is 5.14. The van der Waals surface area contributed by atoms with Gasteiger partial charge in [-0.05, 0) is 26.7 Å². The Kier molecular flexibility index (Phi) is 2.28. The van der Waals surface area contributed by atoms with Crippen molar-refractivity contribution in [2.45, 2.75) is 44.8 Å². The summed E-state index contributed by atoms with van der Waals surface area (Å²) in [5, 5.41) is 10.6. The minimum absolute atomic E-state index is 0.142. The minimum Gasteiger partial charge on any atom is -0.386 e. The minimum atomic E-state index is -0.969. The summed E-state index contributed by atoms with van der Waals surface area (Å²) in [6.45, 7) is 8.16. The number of carbonyl (C=O) groups is 1. The lowest BCUT2D eigenvalue weighted by Crippen LogP contribution is -2.49. The number of Topliss-reactive ketones (excluding diaryl/α,β-unsaturated/α-hetero) is 1. The summed E-state index contributed by atoms with van der Waals surface area (Å²) in [6, 6.07) is 0. The normalized spacial score (nSPS) is 44.5. The molecule has 1 saturated carbocycles. The zero-order valence-electron chi connectivity index (χ0n) is 9.38. The van der Waals surface area contributed by atoms with Crippen molar-refractivity contribution in [1.82, 2.24) is 0 Å². The number of ketones is 1. The zero-order valence-corrected chi connectivity index (χ0v) is 9.38. The van der Waals surface area contributed by atoms with E-state index in [-0.39, 0.29) is 11.9 Å². The summed E-state index contributed by atoms with van der Waals surface area (Å²) in [7, 11) is 0. The van der Waals surface area contributed by atoms with Gasteiger partial charge in [0.05, 0.1) is 12.0 Å². The van der Waals surface area contributed by atoms with Gasteiger partial charge in [0.1, 0.15) is 17.5 Å². The summed E-state index contributed by atoms with van der Waals surface area (Å²) >= 11 is 0. The van der Waals surface area contributed by atoms with Crippen LogP contribution in [-0.4, -0.2) is 29.2 Å². The molecule has 3 nitrogen and oxygen atoms in total. The number of hydrogen-bond acceptors (Lipinski definition) is 3. The third kappa shape index (κ3) is 1.45. The van der Waals surface area contributed by atoms with Crippen LogP contribution in [0.3, 0.4) is 0 Å². The van der Waals surface area contributed by atoms with Gasteiger partial charge in [0, 0.05) is 6.42 Å². The molecule has 3 heteroatoms. The quantitative estimate of drug-likeness (QED) is 0.566. The highest BCUT2D eigenvalue weighted by Crippen LogP contribution is 2.52. The maximum atomic E-state index is 11.9. The number of epoxide rings is 1. The van der Waals surface area contributed by atoms with E-state index in [2.05, 4.69) is 6.58 Å². The largest absolute Gasteiger partial charge is 0.386 e. The number of carbonyl (C=O) groups excluding carboxylic acids is 1. The summed E-state index contributed by atoms with van der Waals surface area (Å²) in [5.74, 6) is 0.142. The first-order valence-electron chi connectivity index (χ1n) is 5.42. The third-order valence-electron chi connectivity index (χ3n) is 3.83. The van der Waals surface area contributed by atoms with Crippen LogP contribution in [0.4, 0.5) is 0 Å². The van der Waals surface area contributed by atoms with Crippen molar-refractivity contribution in [3.63, 3.8) is 0 Å². The van der Waals surface area contributed by atoms with Crippen LogP contribution in [0, 0.1) is 5.41 Å². The molecule has 0 aromatic rings. The second kappa shape index (κ2) is 3.16. The van der Waals surface area contributed by atoms with Crippen molar-refractivity contribution in [2.24, 2.45) is 5.41 Å². The van der Waals surface area contributed by atoms with Crippen LogP contribution < -0.4 is 0 Å². The maximum Gasteiger partial charge on any atom is 0.142 e. The fourth-order valence-corrected chi connectivity index (χ4v) is 2.79. The maximum absolute atomic E-state index is 11.9. The number of allylic oxidation sites excluding steroid dienone is 1. The van der Waals surface area contributed by atoms with Gasteiger partial charge in [-0.15, -0.1) is 6.58 Å². The molecule has 0 aromatic carbocycles. The Bertz CT molecular complexity index is 319. The van der Waals surface area contributed by atoms with Crippen molar-refractivity contribution in [3.05, 3.63) is 12.2 Å². The SMILES string of the molecule is C=C(C)C[C@@]1(C)C(=O)CC[C@]1(O)[C@@H]1CO1. The third-order valence-corrected chi connectivity index (χ3v) is 3.83. The molecular weight excluding hydrogens is 192 g/mol. The molecule has 1 N–H and O–H groups in total. The first-order valence-corrected chi connectivity index (χ1v) is 5.42. The molecular formula is C12H18O3. The van der Waals surface area contributed by atoms with E-state index < -0.39 is 11.0 Å². The Labute approximate surface area is 90.1 Å². The molecule has 0 spiro atoms. The summed E-state index contributed by atoms with van der Waals surface area (Å²) in [5.41, 5.74) is -0.727. The standard InChI is InChI=1S/C12H18O3/c1-8(2)6-11(3)9(13)4-5-12(11,14)10-7-15-10/h10,14H,1,4-7H2,2-3H3/t10-,11-,12-/m0/s1. The molecule has 3 atom stereocenters. The van der Waals surface area contributed by atoms with Crippen molar-refractivity contribution in [2.75, 3.05) is 6.61 Å². The fourth-order valence-electron chi connectivity index (χ4n) is 2.79. The molecule has 84 valence electrons. The fraction of sp³-hybridized carbons (Fsp3) is 0.750. The van der Waals surface area contributed by atoms with E-state index in [0.717, 1.165) is 5.57 Å². The molecule has 1 heterocycles. The predicted octanol–water partition coefficient (Wildman–Crippen LogP) is 1.45. The Balaban J connectivity index is 2.31. The number of ether oxygens (including phenoxy) is 1. The highest BCUT2D eigenvalue weighted by molar-refractivity contribution is 5.89. The predicted molar refractivity (Wildman–Crippen MR) is 56.5 cm³/mol. The Morgan fingerprint density at radius 2 is 2.33 bits per heavy atom. The van der Waals surface area contributed by atoms with Gasteiger partial charge in [-0.25, -0.2) is 0 Å². The molecule has 0 bridgehead atoms. The average Bonchev–Trinajstić information content (AvgIpc) is 2.91. The van der Waals surface area contributed by atoms with Crippen molar-refractivity contribution in [3.8, 4) is 0 Å². The summed E-state index contributed by atoms with van der Waals surface area (Å²) < 4.78 is 5.19. The Morgan fingerprint density at radius 3 is 2.80 bits per heavy atom. The first kappa shape index (κ1) is 10.8. The molecule has 2 aliphatic rings. The van der Waals surface area contributed by atoms with Crippen LogP contribution in [-0.2, 0) is 9.53 Å². The van der Waals surface area contributed by atoms with Gasteiger partial charge < -0.3 is 9.84 Å². The van der Waals surface area contributed by atoms with Crippen LogP contribution in [0.5, 0.6) is 0 Å². The first-order chi connectivity index (χ1) is 6.90. The number of hydrogen-bond donors (Lipinski definition) is 1. The topological polar surface area (TPSA) is 49.8 Å². The average molecular weight is 210 g/mol. The lowest BCUT2D eigenvalue weighted by atomic mass is 9.70. The molecule has 0 aromatic heterocycles. The highest BCUT2D eigenvalue weighted by atomic mass is 16.6. The molecule has 1 aliphatic carbocycles. The van der Waals surface area contributed by atoms with Gasteiger partial charge in [-0.1, -0.05) is 5.57 Å². The van der Waals surface area contributed by atoms with Gasteiger partial charge in [-0.3, -0.25) is 4.79 Å². The van der Waals surface area contributed by atoms with E-state index in [1.54, 1.807) is 0 Å². The van der Waals surface area contributed by atoms with E-state index in [1.807, 2.05) is 13.8 Å². The summed E-state index contributed by atoms with van der Waals surface area (Å²) in [4.78, 5) is 11.9. The van der Waals surface area contributed by atoms with Crippen LogP contribution in [0.25, 0.3) is 0 Å². The van der Waals surface area contributed by atoms with Crippen molar-refractivity contribution >= 4 is 5.78 Å². The Hall–Kier alpha value is -0.670. The van der Waals surface area contributed by atoms with Crippen LogP contribution in [0.15, 0.2) is 12.2 Å². The van der Waals surface area contributed by atoms with Gasteiger partial charge in [-0.2, -0.15) is 0 Å². The van der Waals surface area contributed by atoms with Gasteiger partial charge in [0.2, 0.25) is 0 Å². The van der Waals surface area contributed by atoms with Gasteiger partial charge in [0.25, 0.3) is 0 Å². The zero-order chi connectivity index (χ0) is 11.3. The monoisotopic (exact) mass is 210 g/mol. The van der Waals surface area contributed by atoms with Crippen LogP contribution in [0.1, 0.15) is 33.1 Å². The molecule has 1 aliphatic heterocycles. The van der Waals surface area contributed by atoms with Crippen LogP contribution in [0.2, 0.25) is 0 Å². The lowest BCUT2D eigenvalue weighted by Gasteiger charge is -2.37. The number of aliphatic hydroxyl groups is 1. The molecule has 1 saturated heterocycles. The highest BCUT2D eigenvalue weighted by Gasteiger charge is 2.63. The van der Waals surface area contributed by atoms with Crippen molar-refractivity contribution < 1.29 is 14.6 Å². The van der Waals surface area contributed by atoms with Gasteiger partial charge >= 0.3 is 0 Å². The van der Waals surface area contributed by atoms with E-state index in [0.29, 0.717) is 25.9 Å².